The number of likely N-dealkylation sites (tertiary alicyclic amines) is 1. The van der Waals surface area contributed by atoms with E-state index in [2.05, 4.69) is 4.90 Å². The van der Waals surface area contributed by atoms with Crippen LogP contribution in [0.3, 0.4) is 0 Å². The summed E-state index contributed by atoms with van der Waals surface area (Å²) in [6.07, 6.45) is 2.23. The molecule has 2 N–H and O–H groups in total. The number of nitrogens with zero attached hydrogens (tertiary/aromatic N) is 3. The largest absolute Gasteiger partial charge is 0.342 e. The van der Waals surface area contributed by atoms with E-state index in [4.69, 9.17) is 5.84 Å². The maximum absolute atomic E-state index is 11.9. The van der Waals surface area contributed by atoms with Gasteiger partial charge >= 0.3 is 0 Å². The Balaban J connectivity index is 1.78. The first-order valence-corrected chi connectivity index (χ1v) is 7.10. The summed E-state index contributed by atoms with van der Waals surface area (Å²) in [7, 11) is 0. The van der Waals surface area contributed by atoms with E-state index in [-0.39, 0.29) is 5.92 Å². The molecule has 0 aromatic heterocycles. The summed E-state index contributed by atoms with van der Waals surface area (Å²) in [5.41, 5.74) is 0. The summed E-state index contributed by atoms with van der Waals surface area (Å²) in [6, 6.07) is 0.648. The highest BCUT2D eigenvalue weighted by atomic mass is 16.2. The van der Waals surface area contributed by atoms with Crippen LogP contribution in [0, 0.1) is 5.92 Å². The van der Waals surface area contributed by atoms with E-state index in [9.17, 15) is 4.79 Å². The van der Waals surface area contributed by atoms with Gasteiger partial charge in [-0.3, -0.25) is 15.5 Å². The molecule has 5 heteroatoms. The van der Waals surface area contributed by atoms with Gasteiger partial charge in [0.1, 0.15) is 0 Å². The van der Waals surface area contributed by atoms with Crippen molar-refractivity contribution >= 4 is 5.91 Å². The Morgan fingerprint density at radius 1 is 1.06 bits per heavy atom. The van der Waals surface area contributed by atoms with E-state index in [1.807, 2.05) is 23.8 Å². The van der Waals surface area contributed by atoms with Crippen molar-refractivity contribution in [2.45, 2.75) is 32.7 Å². The predicted molar refractivity (Wildman–Crippen MR) is 71.8 cm³/mol. The minimum Gasteiger partial charge on any atom is -0.342 e. The van der Waals surface area contributed by atoms with Crippen LogP contribution in [0.5, 0.6) is 0 Å². The molecule has 2 aliphatic rings. The fourth-order valence-electron chi connectivity index (χ4n) is 2.92. The lowest BCUT2D eigenvalue weighted by molar-refractivity contribution is -0.136. The Hall–Kier alpha value is -0.650. The van der Waals surface area contributed by atoms with Crippen LogP contribution >= 0.6 is 0 Å². The Kier molecular flexibility index (Phi) is 4.59. The molecule has 1 amide bonds. The number of amides is 1. The summed E-state index contributed by atoms with van der Waals surface area (Å²) < 4.78 is 0. The van der Waals surface area contributed by atoms with Crippen molar-refractivity contribution in [1.82, 2.24) is 14.8 Å². The summed E-state index contributed by atoms with van der Waals surface area (Å²) in [5, 5.41) is 1.90. The molecule has 0 radical (unpaired) electrons. The highest BCUT2D eigenvalue weighted by Crippen LogP contribution is 2.19. The fourth-order valence-corrected chi connectivity index (χ4v) is 2.92. The highest BCUT2D eigenvalue weighted by molar-refractivity contribution is 5.78. The van der Waals surface area contributed by atoms with E-state index >= 15 is 0 Å². The first-order chi connectivity index (χ1) is 8.58. The van der Waals surface area contributed by atoms with E-state index in [1.54, 1.807) is 0 Å². The van der Waals surface area contributed by atoms with Crippen molar-refractivity contribution < 1.29 is 4.79 Å². The quantitative estimate of drug-likeness (QED) is 0.712. The number of rotatable bonds is 2. The first kappa shape index (κ1) is 13.8. The van der Waals surface area contributed by atoms with Gasteiger partial charge in [0, 0.05) is 51.2 Å². The van der Waals surface area contributed by atoms with E-state index < -0.39 is 0 Å². The summed E-state index contributed by atoms with van der Waals surface area (Å²) >= 11 is 0. The number of nitrogens with two attached hydrogens (primary N) is 1. The smallest absolute Gasteiger partial charge is 0.225 e. The number of carbonyl (C=O) groups is 1. The molecule has 2 rings (SSSR count). The lowest BCUT2D eigenvalue weighted by atomic mass is 10.0. The number of carbonyl (C=O) groups excluding carboxylic acids is 1. The van der Waals surface area contributed by atoms with Crippen molar-refractivity contribution in [3.8, 4) is 0 Å². The normalized spacial score (nSPS) is 24.8. The molecule has 0 aromatic carbocycles. The lowest BCUT2D eigenvalue weighted by Crippen LogP contribution is -2.55. The summed E-state index contributed by atoms with van der Waals surface area (Å²) in [5.74, 6) is 6.21. The van der Waals surface area contributed by atoms with Gasteiger partial charge < -0.3 is 4.90 Å². The minimum atomic E-state index is 0.127. The van der Waals surface area contributed by atoms with Crippen LogP contribution in [0.2, 0.25) is 0 Å². The summed E-state index contributed by atoms with van der Waals surface area (Å²) in [6.45, 7) is 9.87. The molecule has 0 saturated carbocycles. The van der Waals surface area contributed by atoms with Gasteiger partial charge in [0.2, 0.25) is 5.91 Å². The topological polar surface area (TPSA) is 52.8 Å². The molecular formula is C13H26N4O. The van der Waals surface area contributed by atoms with Crippen molar-refractivity contribution in [2.24, 2.45) is 11.8 Å². The Bertz CT molecular complexity index is 279. The van der Waals surface area contributed by atoms with Gasteiger partial charge in [-0.15, -0.1) is 0 Å². The second kappa shape index (κ2) is 5.99. The fraction of sp³-hybridized carbons (Fsp3) is 0.923. The zero-order valence-corrected chi connectivity index (χ0v) is 11.6. The van der Waals surface area contributed by atoms with Gasteiger partial charge in [-0.1, -0.05) is 13.8 Å². The highest BCUT2D eigenvalue weighted by Gasteiger charge is 2.29. The third kappa shape index (κ3) is 3.22. The molecule has 0 aromatic rings. The van der Waals surface area contributed by atoms with Gasteiger partial charge in [-0.05, 0) is 12.8 Å². The third-order valence-corrected chi connectivity index (χ3v) is 4.14. The van der Waals surface area contributed by atoms with Crippen molar-refractivity contribution in [2.75, 3.05) is 39.3 Å². The molecule has 18 heavy (non-hydrogen) atoms. The number of hydrogen-bond donors (Lipinski definition) is 1. The molecule has 0 unspecified atom stereocenters. The van der Waals surface area contributed by atoms with E-state index in [0.717, 1.165) is 52.1 Å². The van der Waals surface area contributed by atoms with Crippen LogP contribution in [0.1, 0.15) is 26.7 Å². The number of hydrogen-bond acceptors (Lipinski definition) is 4. The van der Waals surface area contributed by atoms with Crippen molar-refractivity contribution in [3.05, 3.63) is 0 Å². The van der Waals surface area contributed by atoms with Gasteiger partial charge in [0.25, 0.3) is 0 Å². The van der Waals surface area contributed by atoms with Gasteiger partial charge in [-0.25, -0.2) is 5.01 Å². The molecule has 2 saturated heterocycles. The third-order valence-electron chi connectivity index (χ3n) is 4.14. The van der Waals surface area contributed by atoms with Crippen LogP contribution in [0.4, 0.5) is 0 Å². The van der Waals surface area contributed by atoms with Crippen LogP contribution < -0.4 is 5.84 Å². The molecule has 2 heterocycles. The molecule has 2 aliphatic heterocycles. The molecule has 2 fully saturated rings. The molecule has 0 aliphatic carbocycles. The molecular weight excluding hydrogens is 228 g/mol. The summed E-state index contributed by atoms with van der Waals surface area (Å²) in [4.78, 5) is 16.5. The molecule has 0 bridgehead atoms. The van der Waals surface area contributed by atoms with Crippen LogP contribution in [-0.2, 0) is 4.79 Å². The van der Waals surface area contributed by atoms with E-state index in [1.165, 1.54) is 0 Å². The Morgan fingerprint density at radius 2 is 1.61 bits per heavy atom. The number of piperazine rings is 1. The standard InChI is InChI=1S/C13H26N4O/c1-11(2)13(18)16-5-3-12(4-6-16)15-7-9-17(14)10-8-15/h11-12H,3-10,14H2,1-2H3. The predicted octanol–water partition coefficient (Wildman–Crippen LogP) is 0.125. The molecule has 5 nitrogen and oxygen atoms in total. The Morgan fingerprint density at radius 3 is 2.11 bits per heavy atom. The van der Waals surface area contributed by atoms with Crippen molar-refractivity contribution in [3.63, 3.8) is 0 Å². The van der Waals surface area contributed by atoms with Crippen LogP contribution in [0.25, 0.3) is 0 Å². The number of hydrazine groups is 1. The molecule has 0 spiro atoms. The minimum absolute atomic E-state index is 0.127. The maximum Gasteiger partial charge on any atom is 0.225 e. The zero-order chi connectivity index (χ0) is 13.1. The maximum atomic E-state index is 11.9. The zero-order valence-electron chi connectivity index (χ0n) is 11.6. The van der Waals surface area contributed by atoms with Gasteiger partial charge in [0.15, 0.2) is 0 Å². The van der Waals surface area contributed by atoms with Gasteiger partial charge in [-0.2, -0.15) is 0 Å². The van der Waals surface area contributed by atoms with Crippen molar-refractivity contribution in [1.29, 1.82) is 0 Å². The van der Waals surface area contributed by atoms with E-state index in [0.29, 0.717) is 11.9 Å². The van der Waals surface area contributed by atoms with Crippen LogP contribution in [-0.4, -0.2) is 66.0 Å². The Labute approximate surface area is 110 Å². The average Bonchev–Trinajstić information content (AvgIpc) is 2.39. The molecule has 0 atom stereocenters. The van der Waals surface area contributed by atoms with Crippen LogP contribution in [0.15, 0.2) is 0 Å². The second-order valence-corrected chi connectivity index (χ2v) is 5.78. The lowest BCUT2D eigenvalue weighted by Gasteiger charge is -2.42. The first-order valence-electron chi connectivity index (χ1n) is 7.10. The monoisotopic (exact) mass is 254 g/mol. The van der Waals surface area contributed by atoms with Gasteiger partial charge in [0.05, 0.1) is 0 Å². The SMILES string of the molecule is CC(C)C(=O)N1CCC(N2CCN(N)CC2)CC1. The molecule has 104 valence electrons. The number of piperidine rings is 1. The average molecular weight is 254 g/mol. The second-order valence-electron chi connectivity index (χ2n) is 5.78.